The third-order valence-electron chi connectivity index (χ3n) is 3.37. The van der Waals surface area contributed by atoms with Crippen LogP contribution in [-0.2, 0) is 11.2 Å². The van der Waals surface area contributed by atoms with Gasteiger partial charge in [-0.05, 0) is 44.9 Å². The predicted octanol–water partition coefficient (Wildman–Crippen LogP) is 2.03. The van der Waals surface area contributed by atoms with Gasteiger partial charge in [0.1, 0.15) is 0 Å². The fourth-order valence-electron chi connectivity index (χ4n) is 2.32. The summed E-state index contributed by atoms with van der Waals surface area (Å²) in [5, 5.41) is 3.39. The monoisotopic (exact) mass is 234 g/mol. The van der Waals surface area contributed by atoms with Crippen molar-refractivity contribution in [2.45, 2.75) is 38.3 Å². The van der Waals surface area contributed by atoms with Crippen LogP contribution in [0.2, 0.25) is 0 Å². The lowest BCUT2D eigenvalue weighted by atomic mass is 10.0. The Labute approximate surface area is 104 Å². The maximum Gasteiger partial charge on any atom is 0.0759 e. The molecule has 1 aliphatic carbocycles. The Morgan fingerprint density at radius 2 is 2.29 bits per heavy atom. The van der Waals surface area contributed by atoms with Gasteiger partial charge in [0, 0.05) is 31.0 Å². The molecule has 3 heteroatoms. The zero-order valence-electron chi connectivity index (χ0n) is 10.7. The number of likely N-dealkylation sites (N-methyl/N-ethyl adjacent to an activating group) is 1. The number of aromatic nitrogens is 1. The summed E-state index contributed by atoms with van der Waals surface area (Å²) in [5.74, 6) is 0.746. The molecule has 0 saturated heterocycles. The molecule has 0 bridgehead atoms. The molecule has 1 aromatic heterocycles. The highest BCUT2D eigenvalue weighted by Gasteiger charge is 2.36. The lowest BCUT2D eigenvalue weighted by molar-refractivity contribution is 0.0209. The molecule has 0 aliphatic heterocycles. The van der Waals surface area contributed by atoms with E-state index in [1.54, 1.807) is 0 Å². The van der Waals surface area contributed by atoms with Crippen molar-refractivity contribution in [3.8, 4) is 0 Å². The Morgan fingerprint density at radius 3 is 2.82 bits per heavy atom. The number of hydrogen-bond acceptors (Lipinski definition) is 3. The van der Waals surface area contributed by atoms with Crippen LogP contribution in [0, 0.1) is 5.92 Å². The van der Waals surface area contributed by atoms with E-state index in [9.17, 15) is 0 Å². The summed E-state index contributed by atoms with van der Waals surface area (Å²) in [5.41, 5.74) is 1.14. The Hall–Kier alpha value is -0.930. The maximum atomic E-state index is 5.90. The first-order chi connectivity index (χ1) is 8.35. The smallest absolute Gasteiger partial charge is 0.0759 e. The van der Waals surface area contributed by atoms with E-state index >= 15 is 0 Å². The first-order valence-electron chi connectivity index (χ1n) is 6.54. The molecule has 1 fully saturated rings. The van der Waals surface area contributed by atoms with E-state index < -0.39 is 0 Å². The van der Waals surface area contributed by atoms with Crippen molar-refractivity contribution in [2.24, 2.45) is 5.92 Å². The molecule has 1 heterocycles. The van der Waals surface area contributed by atoms with Gasteiger partial charge in [-0.1, -0.05) is 6.07 Å². The van der Waals surface area contributed by atoms with Crippen molar-refractivity contribution in [1.82, 2.24) is 10.3 Å². The number of nitrogens with one attached hydrogen (secondary N) is 1. The quantitative estimate of drug-likeness (QED) is 0.784. The second-order valence-corrected chi connectivity index (χ2v) is 4.68. The average Bonchev–Trinajstić information content (AvgIpc) is 3.19. The first-order valence-corrected chi connectivity index (χ1v) is 6.54. The third-order valence-corrected chi connectivity index (χ3v) is 3.37. The molecule has 2 atom stereocenters. The molecule has 0 spiro atoms. The fraction of sp³-hybridized carbons (Fsp3) is 0.643. The molecule has 0 aromatic carbocycles. The molecule has 2 rings (SSSR count). The van der Waals surface area contributed by atoms with Crippen LogP contribution in [0.4, 0.5) is 0 Å². The Bertz CT molecular complexity index is 324. The van der Waals surface area contributed by atoms with Gasteiger partial charge >= 0.3 is 0 Å². The van der Waals surface area contributed by atoms with Gasteiger partial charge in [-0.3, -0.25) is 4.98 Å². The fourth-order valence-corrected chi connectivity index (χ4v) is 2.32. The lowest BCUT2D eigenvalue weighted by Crippen LogP contribution is -2.42. The standard InChI is InChI=1S/C14H22N2O/c1-3-17-14(11-7-8-11)13(15-2)10-12-6-4-5-9-16-12/h4-6,9,11,13-15H,3,7-8,10H2,1-2H3. The molecule has 0 radical (unpaired) electrons. The van der Waals surface area contributed by atoms with Gasteiger partial charge < -0.3 is 10.1 Å². The Kier molecular flexibility index (Phi) is 4.51. The summed E-state index contributed by atoms with van der Waals surface area (Å²) in [4.78, 5) is 4.39. The number of nitrogens with zero attached hydrogens (tertiary/aromatic N) is 1. The zero-order valence-corrected chi connectivity index (χ0v) is 10.7. The molecular formula is C14H22N2O. The van der Waals surface area contributed by atoms with Crippen LogP contribution in [0.3, 0.4) is 0 Å². The molecular weight excluding hydrogens is 212 g/mol. The first kappa shape index (κ1) is 12.5. The molecule has 1 aromatic rings. The summed E-state index contributed by atoms with van der Waals surface area (Å²) in [6.45, 7) is 2.87. The Balaban J connectivity index is 1.99. The molecule has 0 amide bonds. The van der Waals surface area contributed by atoms with Crippen molar-refractivity contribution in [3.05, 3.63) is 30.1 Å². The molecule has 94 valence electrons. The van der Waals surface area contributed by atoms with Gasteiger partial charge in [-0.2, -0.15) is 0 Å². The van der Waals surface area contributed by atoms with Crippen molar-refractivity contribution in [1.29, 1.82) is 0 Å². The number of ether oxygens (including phenoxy) is 1. The van der Waals surface area contributed by atoms with Crippen LogP contribution < -0.4 is 5.32 Å². The summed E-state index contributed by atoms with van der Waals surface area (Å²) in [6.07, 6.45) is 5.76. The van der Waals surface area contributed by atoms with Gasteiger partial charge in [0.05, 0.1) is 6.10 Å². The maximum absolute atomic E-state index is 5.90. The highest BCUT2D eigenvalue weighted by Crippen LogP contribution is 2.36. The third kappa shape index (κ3) is 3.51. The SMILES string of the molecule is CCOC(C1CC1)C(Cc1ccccn1)NC. The number of hydrogen-bond donors (Lipinski definition) is 1. The van der Waals surface area contributed by atoms with Crippen molar-refractivity contribution < 1.29 is 4.74 Å². The highest BCUT2D eigenvalue weighted by atomic mass is 16.5. The molecule has 3 nitrogen and oxygen atoms in total. The summed E-state index contributed by atoms with van der Waals surface area (Å²) in [7, 11) is 2.02. The number of rotatable bonds is 7. The van der Waals surface area contributed by atoms with Crippen molar-refractivity contribution >= 4 is 0 Å². The molecule has 1 aliphatic rings. The van der Waals surface area contributed by atoms with Gasteiger partial charge in [0.2, 0.25) is 0 Å². The minimum Gasteiger partial charge on any atom is -0.377 e. The lowest BCUT2D eigenvalue weighted by Gasteiger charge is -2.26. The van der Waals surface area contributed by atoms with E-state index in [1.165, 1.54) is 12.8 Å². The van der Waals surface area contributed by atoms with Crippen molar-refractivity contribution in [3.63, 3.8) is 0 Å². The van der Waals surface area contributed by atoms with Crippen LogP contribution in [0.1, 0.15) is 25.5 Å². The summed E-state index contributed by atoms with van der Waals surface area (Å²) < 4.78 is 5.90. The summed E-state index contributed by atoms with van der Waals surface area (Å²) in [6, 6.07) is 6.46. The van der Waals surface area contributed by atoms with E-state index in [0.717, 1.165) is 24.6 Å². The predicted molar refractivity (Wildman–Crippen MR) is 68.9 cm³/mol. The molecule has 1 N–H and O–H groups in total. The number of pyridine rings is 1. The van der Waals surface area contributed by atoms with Crippen LogP contribution in [0.25, 0.3) is 0 Å². The molecule has 1 saturated carbocycles. The normalized spacial score (nSPS) is 18.9. The van der Waals surface area contributed by atoms with E-state index in [1.807, 2.05) is 25.4 Å². The zero-order chi connectivity index (χ0) is 12.1. The van der Waals surface area contributed by atoms with Gasteiger partial charge in [0.15, 0.2) is 0 Å². The minimum absolute atomic E-state index is 0.340. The van der Waals surface area contributed by atoms with E-state index in [-0.39, 0.29) is 0 Å². The van der Waals surface area contributed by atoms with Crippen molar-refractivity contribution in [2.75, 3.05) is 13.7 Å². The van der Waals surface area contributed by atoms with E-state index in [0.29, 0.717) is 12.1 Å². The van der Waals surface area contributed by atoms with E-state index in [2.05, 4.69) is 23.3 Å². The van der Waals surface area contributed by atoms with Gasteiger partial charge in [0.25, 0.3) is 0 Å². The Morgan fingerprint density at radius 1 is 1.47 bits per heavy atom. The minimum atomic E-state index is 0.340. The van der Waals surface area contributed by atoms with Gasteiger partial charge in [-0.15, -0.1) is 0 Å². The second kappa shape index (κ2) is 6.12. The van der Waals surface area contributed by atoms with Crippen LogP contribution in [0.5, 0.6) is 0 Å². The summed E-state index contributed by atoms with van der Waals surface area (Å²) >= 11 is 0. The largest absolute Gasteiger partial charge is 0.377 e. The van der Waals surface area contributed by atoms with Crippen LogP contribution >= 0.6 is 0 Å². The topological polar surface area (TPSA) is 34.1 Å². The van der Waals surface area contributed by atoms with Crippen LogP contribution in [0.15, 0.2) is 24.4 Å². The van der Waals surface area contributed by atoms with E-state index in [4.69, 9.17) is 4.74 Å². The molecule has 17 heavy (non-hydrogen) atoms. The van der Waals surface area contributed by atoms with Gasteiger partial charge in [-0.25, -0.2) is 0 Å². The average molecular weight is 234 g/mol. The van der Waals surface area contributed by atoms with Crippen LogP contribution in [-0.4, -0.2) is 30.8 Å². The second-order valence-electron chi connectivity index (χ2n) is 4.68. The molecule has 2 unspecified atom stereocenters. The highest BCUT2D eigenvalue weighted by molar-refractivity contribution is 5.07.